The average molecular weight is 260 g/mol. The Morgan fingerprint density at radius 2 is 1.83 bits per heavy atom. The molecule has 1 atom stereocenters. The van der Waals surface area contributed by atoms with Gasteiger partial charge in [0.25, 0.3) is 0 Å². The summed E-state index contributed by atoms with van der Waals surface area (Å²) in [5.74, 6) is -1.79. The Balaban J connectivity index is 4.76. The molecule has 6 nitrogen and oxygen atoms in total. The first kappa shape index (κ1) is 16.7. The van der Waals surface area contributed by atoms with Gasteiger partial charge in [-0.3, -0.25) is 4.79 Å². The average Bonchev–Trinajstić information content (AvgIpc) is 2.14. The van der Waals surface area contributed by atoms with Crippen molar-refractivity contribution in [2.24, 2.45) is 11.7 Å². The lowest BCUT2D eigenvalue weighted by atomic mass is 10.1. The molecule has 0 aliphatic heterocycles. The van der Waals surface area contributed by atoms with Crippen molar-refractivity contribution in [3.63, 3.8) is 0 Å². The third kappa shape index (κ3) is 5.86. The number of carboxylic acids is 1. The van der Waals surface area contributed by atoms with Crippen molar-refractivity contribution in [3.8, 4) is 0 Å². The van der Waals surface area contributed by atoms with Crippen molar-refractivity contribution in [2.75, 3.05) is 13.1 Å². The molecule has 0 bridgehead atoms. The van der Waals surface area contributed by atoms with Crippen LogP contribution in [-0.2, 0) is 9.53 Å². The predicted molar refractivity (Wildman–Crippen MR) is 68.3 cm³/mol. The summed E-state index contributed by atoms with van der Waals surface area (Å²) in [6.07, 6.45) is -0.516. The van der Waals surface area contributed by atoms with Gasteiger partial charge in [0.2, 0.25) is 0 Å². The van der Waals surface area contributed by atoms with Crippen molar-refractivity contribution in [2.45, 2.75) is 46.3 Å². The first-order valence-corrected chi connectivity index (χ1v) is 6.01. The summed E-state index contributed by atoms with van der Waals surface area (Å²) in [5, 5.41) is 8.96. The number of aliphatic carboxylic acids is 1. The summed E-state index contributed by atoms with van der Waals surface area (Å²) >= 11 is 0. The molecule has 106 valence electrons. The quantitative estimate of drug-likeness (QED) is 0.777. The number of hydrogen-bond acceptors (Lipinski definition) is 4. The SMILES string of the molecule is CC(C)N(CC(CN)C(=O)O)C(=O)OC(C)(C)C. The van der Waals surface area contributed by atoms with Gasteiger partial charge in [0, 0.05) is 19.1 Å². The van der Waals surface area contributed by atoms with Gasteiger partial charge in [0.15, 0.2) is 0 Å². The molecule has 0 aliphatic carbocycles. The van der Waals surface area contributed by atoms with Crippen LogP contribution in [0.3, 0.4) is 0 Å². The largest absolute Gasteiger partial charge is 0.481 e. The third-order valence-electron chi connectivity index (χ3n) is 2.30. The molecule has 0 rings (SSSR count). The molecule has 0 heterocycles. The Morgan fingerprint density at radius 1 is 1.33 bits per heavy atom. The van der Waals surface area contributed by atoms with Gasteiger partial charge < -0.3 is 20.5 Å². The van der Waals surface area contributed by atoms with E-state index in [1.54, 1.807) is 34.6 Å². The molecule has 0 aromatic heterocycles. The van der Waals surface area contributed by atoms with Crippen LogP contribution >= 0.6 is 0 Å². The molecule has 0 spiro atoms. The Hall–Kier alpha value is -1.30. The zero-order valence-electron chi connectivity index (χ0n) is 11.8. The maximum absolute atomic E-state index is 11.9. The summed E-state index contributed by atoms with van der Waals surface area (Å²) < 4.78 is 5.24. The minimum absolute atomic E-state index is 0.0125. The second-order valence-electron chi connectivity index (χ2n) is 5.50. The van der Waals surface area contributed by atoms with Crippen LogP contribution in [0, 0.1) is 5.92 Å². The molecule has 0 saturated heterocycles. The lowest BCUT2D eigenvalue weighted by Gasteiger charge is -2.31. The van der Waals surface area contributed by atoms with Crippen LogP contribution in [0.2, 0.25) is 0 Å². The molecular formula is C12H24N2O4. The first-order chi connectivity index (χ1) is 8.08. The number of hydrogen-bond donors (Lipinski definition) is 2. The van der Waals surface area contributed by atoms with E-state index in [4.69, 9.17) is 15.6 Å². The van der Waals surface area contributed by atoms with Gasteiger partial charge in [-0.2, -0.15) is 0 Å². The molecule has 0 aliphatic rings. The van der Waals surface area contributed by atoms with E-state index in [-0.39, 0.29) is 19.1 Å². The normalized spacial score (nSPS) is 13.3. The van der Waals surface area contributed by atoms with Crippen LogP contribution in [0.25, 0.3) is 0 Å². The van der Waals surface area contributed by atoms with E-state index in [9.17, 15) is 9.59 Å². The van der Waals surface area contributed by atoms with Gasteiger partial charge in [-0.25, -0.2) is 4.79 Å². The molecule has 0 radical (unpaired) electrons. The minimum Gasteiger partial charge on any atom is -0.481 e. The van der Waals surface area contributed by atoms with Crippen LogP contribution in [0.4, 0.5) is 4.79 Å². The number of carbonyl (C=O) groups excluding carboxylic acids is 1. The number of rotatable bonds is 5. The van der Waals surface area contributed by atoms with Crippen LogP contribution in [0.5, 0.6) is 0 Å². The van der Waals surface area contributed by atoms with Crippen molar-refractivity contribution in [3.05, 3.63) is 0 Å². The molecule has 0 aromatic carbocycles. The highest BCUT2D eigenvalue weighted by Crippen LogP contribution is 2.13. The van der Waals surface area contributed by atoms with E-state index in [2.05, 4.69) is 0 Å². The molecule has 3 N–H and O–H groups in total. The second kappa shape index (κ2) is 6.58. The van der Waals surface area contributed by atoms with E-state index in [0.29, 0.717) is 0 Å². The van der Waals surface area contributed by atoms with Crippen molar-refractivity contribution in [1.82, 2.24) is 4.90 Å². The number of carboxylic acid groups (broad SMARTS) is 1. The van der Waals surface area contributed by atoms with Crippen molar-refractivity contribution >= 4 is 12.1 Å². The van der Waals surface area contributed by atoms with E-state index < -0.39 is 23.6 Å². The Bertz CT molecular complexity index is 297. The van der Waals surface area contributed by atoms with E-state index in [1.807, 2.05) is 0 Å². The summed E-state index contributed by atoms with van der Waals surface area (Å²) in [4.78, 5) is 24.3. The summed E-state index contributed by atoms with van der Waals surface area (Å²) in [5.41, 5.74) is 4.78. The zero-order chi connectivity index (χ0) is 14.5. The molecular weight excluding hydrogens is 236 g/mol. The molecule has 18 heavy (non-hydrogen) atoms. The van der Waals surface area contributed by atoms with Gasteiger partial charge in [-0.05, 0) is 34.6 Å². The third-order valence-corrected chi connectivity index (χ3v) is 2.30. The molecule has 6 heteroatoms. The highest BCUT2D eigenvalue weighted by molar-refractivity contribution is 5.73. The Labute approximate surface area is 108 Å². The Kier molecular flexibility index (Phi) is 6.11. The standard InChI is InChI=1S/C12H24N2O4/c1-8(2)14(7-9(6-13)10(15)16)11(17)18-12(3,4)5/h8-9H,6-7,13H2,1-5H3,(H,15,16). The van der Waals surface area contributed by atoms with Crippen LogP contribution < -0.4 is 5.73 Å². The molecule has 0 fully saturated rings. The van der Waals surface area contributed by atoms with Crippen LogP contribution in [0.1, 0.15) is 34.6 Å². The highest BCUT2D eigenvalue weighted by atomic mass is 16.6. The van der Waals surface area contributed by atoms with Crippen molar-refractivity contribution in [1.29, 1.82) is 0 Å². The fraction of sp³-hybridized carbons (Fsp3) is 0.833. The summed E-state index contributed by atoms with van der Waals surface area (Å²) in [7, 11) is 0. The second-order valence-corrected chi connectivity index (χ2v) is 5.50. The van der Waals surface area contributed by atoms with E-state index in [0.717, 1.165) is 0 Å². The maximum Gasteiger partial charge on any atom is 0.410 e. The zero-order valence-corrected chi connectivity index (χ0v) is 11.8. The van der Waals surface area contributed by atoms with Gasteiger partial charge in [-0.15, -0.1) is 0 Å². The number of ether oxygens (including phenoxy) is 1. The van der Waals surface area contributed by atoms with Gasteiger partial charge in [-0.1, -0.05) is 0 Å². The smallest absolute Gasteiger partial charge is 0.410 e. The van der Waals surface area contributed by atoms with E-state index in [1.165, 1.54) is 4.90 Å². The van der Waals surface area contributed by atoms with Crippen LogP contribution in [0.15, 0.2) is 0 Å². The van der Waals surface area contributed by atoms with E-state index >= 15 is 0 Å². The van der Waals surface area contributed by atoms with Crippen LogP contribution in [-0.4, -0.2) is 46.8 Å². The summed E-state index contributed by atoms with van der Waals surface area (Å²) in [6, 6.07) is -0.145. The van der Waals surface area contributed by atoms with Gasteiger partial charge in [0.1, 0.15) is 5.60 Å². The molecule has 0 saturated carbocycles. The monoisotopic (exact) mass is 260 g/mol. The lowest BCUT2D eigenvalue weighted by Crippen LogP contribution is -2.46. The molecule has 1 unspecified atom stereocenters. The molecule has 0 aromatic rings. The predicted octanol–water partition coefficient (Wildman–Crippen LogP) is 1.29. The highest BCUT2D eigenvalue weighted by Gasteiger charge is 2.28. The number of amides is 1. The summed E-state index contributed by atoms with van der Waals surface area (Å²) in [6.45, 7) is 8.95. The molecule has 1 amide bonds. The maximum atomic E-state index is 11.9. The Morgan fingerprint density at radius 3 is 2.11 bits per heavy atom. The van der Waals surface area contributed by atoms with Gasteiger partial charge in [0.05, 0.1) is 5.92 Å². The fourth-order valence-electron chi connectivity index (χ4n) is 1.31. The number of carbonyl (C=O) groups is 2. The number of nitrogens with two attached hydrogens (primary N) is 1. The first-order valence-electron chi connectivity index (χ1n) is 6.01. The fourth-order valence-corrected chi connectivity index (χ4v) is 1.31. The van der Waals surface area contributed by atoms with Crippen molar-refractivity contribution < 1.29 is 19.4 Å². The van der Waals surface area contributed by atoms with Gasteiger partial charge >= 0.3 is 12.1 Å². The topological polar surface area (TPSA) is 92.9 Å². The number of nitrogens with zero attached hydrogens (tertiary/aromatic N) is 1. The lowest BCUT2D eigenvalue weighted by molar-refractivity contribution is -0.142. The minimum atomic E-state index is -1.01.